The molecular formula is C20H38O2. The van der Waals surface area contributed by atoms with E-state index in [-0.39, 0.29) is 11.9 Å². The van der Waals surface area contributed by atoms with E-state index < -0.39 is 0 Å². The molecule has 0 radical (unpaired) electrons. The van der Waals surface area contributed by atoms with Gasteiger partial charge in [0.1, 0.15) is 0 Å². The summed E-state index contributed by atoms with van der Waals surface area (Å²) < 4.78 is 5.39. The Kier molecular flexibility index (Phi) is 16.0. The Bertz CT molecular complexity index is 246. The van der Waals surface area contributed by atoms with Crippen LogP contribution in [-0.4, -0.2) is 12.6 Å². The van der Waals surface area contributed by atoms with Crippen LogP contribution in [0.5, 0.6) is 0 Å². The van der Waals surface area contributed by atoms with Crippen molar-refractivity contribution in [3.05, 3.63) is 12.7 Å². The van der Waals surface area contributed by atoms with Crippen molar-refractivity contribution in [3.8, 4) is 0 Å². The van der Waals surface area contributed by atoms with Gasteiger partial charge in [0.25, 0.3) is 0 Å². The van der Waals surface area contributed by atoms with E-state index in [1.165, 1.54) is 51.4 Å². The lowest BCUT2D eigenvalue weighted by Gasteiger charge is -2.16. The largest absolute Gasteiger partial charge is 0.465 e. The zero-order chi connectivity index (χ0) is 16.5. The minimum Gasteiger partial charge on any atom is -0.465 e. The van der Waals surface area contributed by atoms with Gasteiger partial charge < -0.3 is 4.74 Å². The van der Waals surface area contributed by atoms with Crippen molar-refractivity contribution in [1.82, 2.24) is 0 Å². The molecule has 130 valence electrons. The van der Waals surface area contributed by atoms with Crippen molar-refractivity contribution < 1.29 is 9.53 Å². The number of carbonyl (C=O) groups is 1. The molecule has 0 aromatic carbocycles. The van der Waals surface area contributed by atoms with Crippen LogP contribution in [0.2, 0.25) is 0 Å². The molecule has 0 N–H and O–H groups in total. The second-order valence-electron chi connectivity index (χ2n) is 6.35. The summed E-state index contributed by atoms with van der Waals surface area (Å²) in [5.74, 6) is 0.140. The summed E-state index contributed by atoms with van der Waals surface area (Å²) in [6.45, 7) is 8.62. The maximum absolute atomic E-state index is 12.2. The zero-order valence-corrected chi connectivity index (χ0v) is 15.1. The van der Waals surface area contributed by atoms with Crippen molar-refractivity contribution in [3.63, 3.8) is 0 Å². The van der Waals surface area contributed by atoms with E-state index in [0.29, 0.717) is 6.61 Å². The quantitative estimate of drug-likeness (QED) is 0.186. The van der Waals surface area contributed by atoms with Crippen molar-refractivity contribution in [1.29, 1.82) is 0 Å². The monoisotopic (exact) mass is 310 g/mol. The Morgan fingerprint density at radius 3 is 1.86 bits per heavy atom. The fourth-order valence-electron chi connectivity index (χ4n) is 2.73. The molecule has 22 heavy (non-hydrogen) atoms. The first-order valence-electron chi connectivity index (χ1n) is 9.53. The SMILES string of the molecule is C=CCCOC(=O)C(CCCCCCC)CCCCCCC. The van der Waals surface area contributed by atoms with Gasteiger partial charge in [0, 0.05) is 0 Å². The van der Waals surface area contributed by atoms with Crippen LogP contribution < -0.4 is 0 Å². The first-order valence-corrected chi connectivity index (χ1v) is 9.53. The van der Waals surface area contributed by atoms with Gasteiger partial charge in [0.15, 0.2) is 0 Å². The third-order valence-electron chi connectivity index (χ3n) is 4.21. The molecule has 2 nitrogen and oxygen atoms in total. The maximum atomic E-state index is 12.2. The van der Waals surface area contributed by atoms with Crippen LogP contribution in [0.3, 0.4) is 0 Å². The number of ether oxygens (including phenoxy) is 1. The molecule has 2 heteroatoms. The molecule has 0 aliphatic carbocycles. The molecule has 0 amide bonds. The van der Waals surface area contributed by atoms with E-state index in [9.17, 15) is 4.79 Å². The highest BCUT2D eigenvalue weighted by atomic mass is 16.5. The topological polar surface area (TPSA) is 26.3 Å². The van der Waals surface area contributed by atoms with E-state index in [2.05, 4.69) is 20.4 Å². The zero-order valence-electron chi connectivity index (χ0n) is 15.1. The van der Waals surface area contributed by atoms with Crippen LogP contribution >= 0.6 is 0 Å². The molecule has 0 rings (SSSR count). The smallest absolute Gasteiger partial charge is 0.308 e. The first kappa shape index (κ1) is 21.2. The second-order valence-corrected chi connectivity index (χ2v) is 6.35. The van der Waals surface area contributed by atoms with Gasteiger partial charge in [-0.25, -0.2) is 0 Å². The predicted molar refractivity (Wildman–Crippen MR) is 96.0 cm³/mol. The summed E-state index contributed by atoms with van der Waals surface area (Å²) in [5.41, 5.74) is 0. The lowest BCUT2D eigenvalue weighted by Crippen LogP contribution is -2.18. The van der Waals surface area contributed by atoms with Crippen LogP contribution in [0.25, 0.3) is 0 Å². The predicted octanol–water partition coefficient (Wildman–Crippen LogP) is 6.44. The van der Waals surface area contributed by atoms with Gasteiger partial charge in [-0.15, -0.1) is 6.58 Å². The maximum Gasteiger partial charge on any atom is 0.308 e. The molecule has 0 heterocycles. The van der Waals surface area contributed by atoms with Crippen LogP contribution in [-0.2, 0) is 9.53 Å². The standard InChI is InChI=1S/C20H38O2/c1-4-7-10-12-14-16-19(17-15-13-11-8-5-2)20(21)22-18-9-6-3/h6,19H,3-5,7-18H2,1-2H3. The first-order chi connectivity index (χ1) is 10.8. The van der Waals surface area contributed by atoms with Gasteiger partial charge in [0.05, 0.1) is 12.5 Å². The molecule has 0 fully saturated rings. The summed E-state index contributed by atoms with van der Waals surface area (Å²) in [6, 6.07) is 0. The van der Waals surface area contributed by atoms with Crippen LogP contribution in [0.4, 0.5) is 0 Å². The fourth-order valence-corrected chi connectivity index (χ4v) is 2.73. The van der Waals surface area contributed by atoms with Crippen LogP contribution in [0.15, 0.2) is 12.7 Å². The van der Waals surface area contributed by atoms with Gasteiger partial charge in [-0.1, -0.05) is 84.1 Å². The summed E-state index contributed by atoms with van der Waals surface area (Å²) in [5, 5.41) is 0. The van der Waals surface area contributed by atoms with Gasteiger partial charge in [-0.2, -0.15) is 0 Å². The van der Waals surface area contributed by atoms with E-state index in [4.69, 9.17) is 4.74 Å². The van der Waals surface area contributed by atoms with E-state index in [1.54, 1.807) is 6.08 Å². The Balaban J connectivity index is 4.00. The van der Waals surface area contributed by atoms with Crippen LogP contribution in [0.1, 0.15) is 97.3 Å². The van der Waals surface area contributed by atoms with Crippen molar-refractivity contribution in [2.45, 2.75) is 97.3 Å². The normalized spacial score (nSPS) is 10.9. The molecule has 0 aliphatic heterocycles. The van der Waals surface area contributed by atoms with E-state index in [0.717, 1.165) is 32.1 Å². The van der Waals surface area contributed by atoms with Gasteiger partial charge >= 0.3 is 5.97 Å². The number of rotatable bonds is 16. The molecule has 0 atom stereocenters. The minimum atomic E-state index is 0.0211. The molecule has 0 aromatic rings. The van der Waals surface area contributed by atoms with Gasteiger partial charge in [-0.05, 0) is 19.3 Å². The van der Waals surface area contributed by atoms with E-state index in [1.807, 2.05) is 0 Å². The lowest BCUT2D eigenvalue weighted by atomic mass is 9.94. The van der Waals surface area contributed by atoms with Crippen molar-refractivity contribution >= 4 is 5.97 Å². The van der Waals surface area contributed by atoms with Crippen LogP contribution in [0, 0.1) is 5.92 Å². The summed E-state index contributed by atoms with van der Waals surface area (Å²) in [6.07, 6.45) is 17.1. The third-order valence-corrected chi connectivity index (χ3v) is 4.21. The fraction of sp³-hybridized carbons (Fsp3) is 0.850. The average Bonchev–Trinajstić information content (AvgIpc) is 2.52. The second kappa shape index (κ2) is 16.6. The van der Waals surface area contributed by atoms with Gasteiger partial charge in [0.2, 0.25) is 0 Å². The van der Waals surface area contributed by atoms with Gasteiger partial charge in [-0.3, -0.25) is 4.79 Å². The number of hydrogen-bond acceptors (Lipinski definition) is 2. The van der Waals surface area contributed by atoms with E-state index >= 15 is 0 Å². The number of esters is 1. The minimum absolute atomic E-state index is 0.0211. The number of carbonyl (C=O) groups excluding carboxylic acids is 1. The molecular weight excluding hydrogens is 272 g/mol. The Labute approximate surface area is 138 Å². The Morgan fingerprint density at radius 2 is 1.41 bits per heavy atom. The number of unbranched alkanes of at least 4 members (excludes halogenated alkanes) is 8. The summed E-state index contributed by atoms with van der Waals surface area (Å²) in [7, 11) is 0. The highest BCUT2D eigenvalue weighted by Crippen LogP contribution is 2.20. The Morgan fingerprint density at radius 1 is 0.909 bits per heavy atom. The molecule has 0 bridgehead atoms. The average molecular weight is 311 g/mol. The molecule has 0 unspecified atom stereocenters. The molecule has 0 aromatic heterocycles. The van der Waals surface area contributed by atoms with Crippen molar-refractivity contribution in [2.75, 3.05) is 6.61 Å². The Hall–Kier alpha value is -0.790. The van der Waals surface area contributed by atoms with Crippen molar-refractivity contribution in [2.24, 2.45) is 5.92 Å². The highest BCUT2D eigenvalue weighted by molar-refractivity contribution is 5.72. The molecule has 0 spiro atoms. The molecule has 0 aliphatic rings. The third kappa shape index (κ3) is 12.9. The summed E-state index contributed by atoms with van der Waals surface area (Å²) in [4.78, 5) is 12.2. The number of hydrogen-bond donors (Lipinski definition) is 0. The highest BCUT2D eigenvalue weighted by Gasteiger charge is 2.19. The lowest BCUT2D eigenvalue weighted by molar-refractivity contribution is -0.149. The molecule has 0 saturated heterocycles. The molecule has 0 saturated carbocycles. The summed E-state index contributed by atoms with van der Waals surface area (Å²) >= 11 is 0.